The van der Waals surface area contributed by atoms with Crippen LogP contribution in [-0.4, -0.2) is 29.9 Å². The third kappa shape index (κ3) is 2.44. The molecule has 2 N–H and O–H groups in total. The molecular weight excluding hydrogens is 164 g/mol. The Hall–Kier alpha value is -0.570. The number of nitrogens with zero attached hydrogens (tertiary/aromatic N) is 1. The molecule has 0 aromatic heterocycles. The van der Waals surface area contributed by atoms with Gasteiger partial charge in [-0.05, 0) is 18.8 Å². The second-order valence-electron chi connectivity index (χ2n) is 3.94. The van der Waals surface area contributed by atoms with Crippen molar-refractivity contribution in [3.63, 3.8) is 0 Å². The van der Waals surface area contributed by atoms with Gasteiger partial charge in [0.25, 0.3) is 0 Å². The van der Waals surface area contributed by atoms with Crippen LogP contribution in [0.25, 0.3) is 0 Å². The zero-order valence-corrected chi connectivity index (χ0v) is 8.62. The molecule has 0 aliphatic carbocycles. The summed E-state index contributed by atoms with van der Waals surface area (Å²) < 4.78 is 0. The minimum Gasteiger partial charge on any atom is -0.341 e. The number of rotatable bonds is 3. The molecular formula is C10H20N2O. The normalized spacial score (nSPS) is 21.6. The monoisotopic (exact) mass is 184 g/mol. The van der Waals surface area contributed by atoms with Gasteiger partial charge in [0.2, 0.25) is 5.91 Å². The van der Waals surface area contributed by atoms with Gasteiger partial charge in [-0.1, -0.05) is 20.3 Å². The fourth-order valence-corrected chi connectivity index (χ4v) is 1.65. The standard InChI is InChI=1S/C10H20N2O/c1-3-8(2)9(11)10(13)12-6-4-5-7-12/h8-9H,3-7,11H2,1-2H3/t8-,9?/m0/s1. The van der Waals surface area contributed by atoms with Crippen LogP contribution in [0, 0.1) is 5.92 Å². The van der Waals surface area contributed by atoms with Crippen molar-refractivity contribution in [3.05, 3.63) is 0 Å². The first-order valence-electron chi connectivity index (χ1n) is 5.21. The predicted molar refractivity (Wildman–Crippen MR) is 53.2 cm³/mol. The molecule has 0 aromatic rings. The van der Waals surface area contributed by atoms with Gasteiger partial charge in [-0.25, -0.2) is 0 Å². The molecule has 1 saturated heterocycles. The zero-order valence-electron chi connectivity index (χ0n) is 8.62. The molecule has 1 rings (SSSR count). The lowest BCUT2D eigenvalue weighted by Crippen LogP contribution is -2.45. The highest BCUT2D eigenvalue weighted by Gasteiger charge is 2.26. The molecule has 0 aromatic carbocycles. The number of carbonyl (C=O) groups is 1. The molecule has 1 heterocycles. The maximum atomic E-state index is 11.7. The SMILES string of the molecule is CC[C@H](C)C(N)C(=O)N1CCCC1. The van der Waals surface area contributed by atoms with Gasteiger partial charge in [0, 0.05) is 13.1 Å². The first kappa shape index (κ1) is 10.5. The molecule has 3 heteroatoms. The Morgan fingerprint density at radius 2 is 2.00 bits per heavy atom. The Bertz CT molecular complexity index is 176. The predicted octanol–water partition coefficient (Wildman–Crippen LogP) is 0.982. The van der Waals surface area contributed by atoms with Crippen LogP contribution in [0.2, 0.25) is 0 Å². The Labute approximate surface area is 80.3 Å². The van der Waals surface area contributed by atoms with Crippen molar-refractivity contribution in [3.8, 4) is 0 Å². The van der Waals surface area contributed by atoms with Crippen LogP contribution < -0.4 is 5.73 Å². The molecule has 76 valence electrons. The maximum absolute atomic E-state index is 11.7. The van der Waals surface area contributed by atoms with Gasteiger partial charge in [-0.2, -0.15) is 0 Å². The highest BCUT2D eigenvalue weighted by molar-refractivity contribution is 5.82. The molecule has 1 unspecified atom stereocenters. The minimum absolute atomic E-state index is 0.145. The van der Waals surface area contributed by atoms with E-state index in [0.29, 0.717) is 5.92 Å². The van der Waals surface area contributed by atoms with E-state index in [-0.39, 0.29) is 11.9 Å². The van der Waals surface area contributed by atoms with Crippen molar-refractivity contribution in [2.45, 2.75) is 39.2 Å². The Morgan fingerprint density at radius 3 is 2.46 bits per heavy atom. The van der Waals surface area contributed by atoms with E-state index in [4.69, 9.17) is 5.73 Å². The van der Waals surface area contributed by atoms with Crippen LogP contribution in [0.5, 0.6) is 0 Å². The van der Waals surface area contributed by atoms with Crippen molar-refractivity contribution >= 4 is 5.91 Å². The molecule has 0 spiro atoms. The average Bonchev–Trinajstić information content (AvgIpc) is 2.67. The highest BCUT2D eigenvalue weighted by Crippen LogP contribution is 2.13. The largest absolute Gasteiger partial charge is 0.341 e. The van der Waals surface area contributed by atoms with E-state index in [0.717, 1.165) is 32.4 Å². The number of likely N-dealkylation sites (tertiary alicyclic amines) is 1. The van der Waals surface area contributed by atoms with Gasteiger partial charge in [-0.3, -0.25) is 4.79 Å². The van der Waals surface area contributed by atoms with Gasteiger partial charge in [-0.15, -0.1) is 0 Å². The summed E-state index contributed by atoms with van der Waals surface area (Å²) in [5.74, 6) is 0.444. The fraction of sp³-hybridized carbons (Fsp3) is 0.900. The summed E-state index contributed by atoms with van der Waals surface area (Å²) in [6.07, 6.45) is 3.25. The smallest absolute Gasteiger partial charge is 0.239 e. The van der Waals surface area contributed by atoms with E-state index in [2.05, 4.69) is 6.92 Å². The first-order chi connectivity index (χ1) is 6.16. The first-order valence-corrected chi connectivity index (χ1v) is 5.21. The molecule has 1 aliphatic rings. The molecule has 1 aliphatic heterocycles. The lowest BCUT2D eigenvalue weighted by molar-refractivity contribution is -0.132. The van der Waals surface area contributed by atoms with Gasteiger partial charge in [0.1, 0.15) is 0 Å². The summed E-state index contributed by atoms with van der Waals surface area (Å²) in [5.41, 5.74) is 5.86. The quantitative estimate of drug-likeness (QED) is 0.710. The Morgan fingerprint density at radius 1 is 1.46 bits per heavy atom. The molecule has 0 saturated carbocycles. The number of carbonyl (C=O) groups excluding carboxylic acids is 1. The lowest BCUT2D eigenvalue weighted by atomic mass is 9.99. The van der Waals surface area contributed by atoms with E-state index in [1.54, 1.807) is 0 Å². The second kappa shape index (κ2) is 4.61. The van der Waals surface area contributed by atoms with E-state index in [1.807, 2.05) is 11.8 Å². The van der Waals surface area contributed by atoms with Gasteiger partial charge >= 0.3 is 0 Å². The lowest BCUT2D eigenvalue weighted by Gasteiger charge is -2.23. The number of nitrogens with two attached hydrogens (primary N) is 1. The summed E-state index contributed by atoms with van der Waals surface area (Å²) in [6.45, 7) is 5.92. The molecule has 1 amide bonds. The topological polar surface area (TPSA) is 46.3 Å². The van der Waals surface area contributed by atoms with Gasteiger partial charge in [0.15, 0.2) is 0 Å². The molecule has 2 atom stereocenters. The van der Waals surface area contributed by atoms with Crippen LogP contribution in [0.3, 0.4) is 0 Å². The fourth-order valence-electron chi connectivity index (χ4n) is 1.65. The van der Waals surface area contributed by atoms with Crippen molar-refractivity contribution < 1.29 is 4.79 Å². The van der Waals surface area contributed by atoms with Crippen LogP contribution in [-0.2, 0) is 4.79 Å². The van der Waals surface area contributed by atoms with Crippen molar-refractivity contribution in [1.29, 1.82) is 0 Å². The minimum atomic E-state index is -0.289. The maximum Gasteiger partial charge on any atom is 0.239 e. The van der Waals surface area contributed by atoms with Crippen molar-refractivity contribution in [1.82, 2.24) is 4.90 Å². The van der Waals surface area contributed by atoms with E-state index >= 15 is 0 Å². The van der Waals surface area contributed by atoms with E-state index in [1.165, 1.54) is 0 Å². The summed E-state index contributed by atoms with van der Waals surface area (Å²) in [4.78, 5) is 13.6. The zero-order chi connectivity index (χ0) is 9.84. The van der Waals surface area contributed by atoms with Crippen LogP contribution in [0.1, 0.15) is 33.1 Å². The molecule has 1 fully saturated rings. The number of hydrogen-bond acceptors (Lipinski definition) is 2. The molecule has 0 radical (unpaired) electrons. The van der Waals surface area contributed by atoms with Crippen LogP contribution >= 0.6 is 0 Å². The Balaban J connectivity index is 2.45. The van der Waals surface area contributed by atoms with Crippen LogP contribution in [0.15, 0.2) is 0 Å². The highest BCUT2D eigenvalue weighted by atomic mass is 16.2. The second-order valence-corrected chi connectivity index (χ2v) is 3.94. The van der Waals surface area contributed by atoms with E-state index < -0.39 is 0 Å². The summed E-state index contributed by atoms with van der Waals surface area (Å²) in [6, 6.07) is -0.289. The van der Waals surface area contributed by atoms with Crippen LogP contribution in [0.4, 0.5) is 0 Å². The summed E-state index contributed by atoms with van der Waals surface area (Å²) in [7, 11) is 0. The Kier molecular flexibility index (Phi) is 3.72. The average molecular weight is 184 g/mol. The van der Waals surface area contributed by atoms with Crippen molar-refractivity contribution in [2.24, 2.45) is 11.7 Å². The molecule has 13 heavy (non-hydrogen) atoms. The van der Waals surface area contributed by atoms with Gasteiger partial charge < -0.3 is 10.6 Å². The molecule has 3 nitrogen and oxygen atoms in total. The van der Waals surface area contributed by atoms with Gasteiger partial charge in [0.05, 0.1) is 6.04 Å². The third-order valence-corrected chi connectivity index (χ3v) is 2.96. The number of hydrogen-bond donors (Lipinski definition) is 1. The van der Waals surface area contributed by atoms with E-state index in [9.17, 15) is 4.79 Å². The molecule has 0 bridgehead atoms. The summed E-state index contributed by atoms with van der Waals surface area (Å²) >= 11 is 0. The number of amides is 1. The third-order valence-electron chi connectivity index (χ3n) is 2.96. The summed E-state index contributed by atoms with van der Waals surface area (Å²) in [5, 5.41) is 0. The van der Waals surface area contributed by atoms with Crippen molar-refractivity contribution in [2.75, 3.05) is 13.1 Å².